The number of carboxylic acid groups (broad SMARTS) is 1. The van der Waals surface area contributed by atoms with Crippen LogP contribution in [0.25, 0.3) is 0 Å². The zero-order valence-corrected chi connectivity index (χ0v) is 11.8. The Labute approximate surface area is 119 Å². The van der Waals surface area contributed by atoms with Crippen LogP contribution in [0, 0.1) is 0 Å². The molecule has 2 saturated heterocycles. The summed E-state index contributed by atoms with van der Waals surface area (Å²) in [6.45, 7) is 2.88. The van der Waals surface area contributed by atoms with Gasteiger partial charge in [0, 0.05) is 6.54 Å². The van der Waals surface area contributed by atoms with E-state index in [0.717, 1.165) is 38.8 Å². The van der Waals surface area contributed by atoms with E-state index < -0.39 is 12.0 Å². The Hall–Kier alpha value is -1.14. The summed E-state index contributed by atoms with van der Waals surface area (Å²) >= 11 is 0. The van der Waals surface area contributed by atoms with Crippen molar-refractivity contribution in [3.8, 4) is 0 Å². The zero-order chi connectivity index (χ0) is 14.4. The summed E-state index contributed by atoms with van der Waals surface area (Å²) in [7, 11) is 0. The fraction of sp³-hybridized carbons (Fsp3) is 0.857. The molecule has 2 aliphatic heterocycles. The number of nitrogens with zero attached hydrogens (tertiary/aromatic N) is 1. The monoisotopic (exact) mass is 284 g/mol. The number of carbonyl (C=O) groups excluding carboxylic acids is 1. The topological polar surface area (TPSA) is 78.9 Å². The second kappa shape index (κ2) is 7.59. The van der Waals surface area contributed by atoms with Crippen LogP contribution in [-0.2, 0) is 14.3 Å². The second-order valence-corrected chi connectivity index (χ2v) is 5.51. The second-order valence-electron chi connectivity index (χ2n) is 5.51. The molecule has 0 radical (unpaired) electrons. The molecule has 6 nitrogen and oxygen atoms in total. The number of carbonyl (C=O) groups is 2. The molecule has 1 amide bonds. The van der Waals surface area contributed by atoms with E-state index in [2.05, 4.69) is 5.32 Å². The zero-order valence-electron chi connectivity index (χ0n) is 11.8. The van der Waals surface area contributed by atoms with Crippen molar-refractivity contribution in [1.29, 1.82) is 0 Å². The highest BCUT2D eigenvalue weighted by Crippen LogP contribution is 2.18. The number of nitrogens with one attached hydrogen (secondary N) is 1. The molecule has 0 spiro atoms. The van der Waals surface area contributed by atoms with Gasteiger partial charge in [0.15, 0.2) is 0 Å². The minimum atomic E-state index is -0.891. The van der Waals surface area contributed by atoms with Crippen LogP contribution in [0.15, 0.2) is 0 Å². The van der Waals surface area contributed by atoms with Crippen LogP contribution in [0.2, 0.25) is 0 Å². The molecule has 2 N–H and O–H groups in total. The van der Waals surface area contributed by atoms with Crippen molar-refractivity contribution in [2.24, 2.45) is 0 Å². The van der Waals surface area contributed by atoms with Crippen LogP contribution in [0.5, 0.6) is 0 Å². The molecule has 0 aliphatic carbocycles. The number of likely N-dealkylation sites (tertiary alicyclic amines) is 1. The van der Waals surface area contributed by atoms with Crippen LogP contribution in [0.1, 0.15) is 38.5 Å². The third-order valence-electron chi connectivity index (χ3n) is 4.06. The summed E-state index contributed by atoms with van der Waals surface area (Å²) in [5.41, 5.74) is 0. The minimum Gasteiger partial charge on any atom is -0.480 e. The third-order valence-corrected chi connectivity index (χ3v) is 4.06. The third kappa shape index (κ3) is 4.18. The van der Waals surface area contributed by atoms with Crippen molar-refractivity contribution >= 4 is 11.9 Å². The molecular formula is C14H24N2O4. The van der Waals surface area contributed by atoms with Gasteiger partial charge < -0.3 is 20.1 Å². The van der Waals surface area contributed by atoms with Crippen molar-refractivity contribution < 1.29 is 19.4 Å². The van der Waals surface area contributed by atoms with Crippen molar-refractivity contribution in [2.45, 2.75) is 50.7 Å². The maximum Gasteiger partial charge on any atom is 0.326 e. The summed E-state index contributed by atoms with van der Waals surface area (Å²) in [5.74, 6) is -0.983. The van der Waals surface area contributed by atoms with E-state index in [4.69, 9.17) is 9.84 Å². The minimum absolute atomic E-state index is 0.0916. The summed E-state index contributed by atoms with van der Waals surface area (Å²) in [5, 5.41) is 12.4. The molecule has 1 atom stereocenters. The van der Waals surface area contributed by atoms with Gasteiger partial charge in [-0.2, -0.15) is 0 Å². The summed E-state index contributed by atoms with van der Waals surface area (Å²) in [4.78, 5) is 24.8. The number of amides is 1. The van der Waals surface area contributed by atoms with E-state index in [0.29, 0.717) is 19.6 Å². The fourth-order valence-electron chi connectivity index (χ4n) is 2.91. The number of hydrogen-bond acceptors (Lipinski definition) is 4. The molecule has 114 valence electrons. The first kappa shape index (κ1) is 15.3. The first-order chi connectivity index (χ1) is 9.68. The van der Waals surface area contributed by atoms with Gasteiger partial charge in [-0.05, 0) is 45.2 Å². The Morgan fingerprint density at radius 3 is 2.65 bits per heavy atom. The van der Waals surface area contributed by atoms with Gasteiger partial charge in [0.2, 0.25) is 5.91 Å². The van der Waals surface area contributed by atoms with Gasteiger partial charge in [-0.15, -0.1) is 0 Å². The Kier molecular flexibility index (Phi) is 5.79. The van der Waals surface area contributed by atoms with Crippen LogP contribution < -0.4 is 5.32 Å². The predicted molar refractivity (Wildman–Crippen MR) is 73.4 cm³/mol. The summed E-state index contributed by atoms with van der Waals surface area (Å²) in [6.07, 6.45) is 4.83. The Bertz CT molecular complexity index is 342. The number of hydrogen-bond donors (Lipinski definition) is 2. The number of rotatable bonds is 5. The molecule has 6 heteroatoms. The van der Waals surface area contributed by atoms with Crippen molar-refractivity contribution in [2.75, 3.05) is 26.2 Å². The predicted octanol–water partition coefficient (Wildman–Crippen LogP) is 0.611. The molecule has 2 fully saturated rings. The summed E-state index contributed by atoms with van der Waals surface area (Å²) in [6, 6.07) is -0.643. The van der Waals surface area contributed by atoms with Crippen molar-refractivity contribution in [3.63, 3.8) is 0 Å². The van der Waals surface area contributed by atoms with Gasteiger partial charge >= 0.3 is 5.97 Å². The standard InChI is InChI=1S/C14H24N2O4/c17-13(6-10-20-11-4-7-15-8-5-11)16-9-2-1-3-12(16)14(18)19/h11-12,15H,1-10H2,(H,18,19). The molecule has 0 aromatic carbocycles. The lowest BCUT2D eigenvalue weighted by atomic mass is 10.0. The SMILES string of the molecule is O=C(O)C1CCCCN1C(=O)CCOC1CCNCC1. The lowest BCUT2D eigenvalue weighted by molar-refractivity contribution is -0.152. The van der Waals surface area contributed by atoms with Gasteiger partial charge in [-0.1, -0.05) is 0 Å². The molecule has 0 bridgehead atoms. The molecular weight excluding hydrogens is 260 g/mol. The molecule has 0 aromatic rings. The van der Waals surface area contributed by atoms with E-state index in [1.54, 1.807) is 0 Å². The van der Waals surface area contributed by atoms with Crippen LogP contribution in [0.3, 0.4) is 0 Å². The normalized spacial score (nSPS) is 24.6. The first-order valence-electron chi connectivity index (χ1n) is 7.53. The van der Waals surface area contributed by atoms with Crippen LogP contribution >= 0.6 is 0 Å². The molecule has 1 unspecified atom stereocenters. The molecule has 0 aromatic heterocycles. The lowest BCUT2D eigenvalue weighted by Gasteiger charge is -2.33. The smallest absolute Gasteiger partial charge is 0.326 e. The molecule has 2 rings (SSSR count). The maximum atomic E-state index is 12.1. The quantitative estimate of drug-likeness (QED) is 0.773. The average molecular weight is 284 g/mol. The summed E-state index contributed by atoms with van der Waals surface area (Å²) < 4.78 is 5.71. The Balaban J connectivity index is 1.73. The van der Waals surface area contributed by atoms with Crippen LogP contribution in [0.4, 0.5) is 0 Å². The van der Waals surface area contributed by atoms with Gasteiger partial charge in [0.1, 0.15) is 6.04 Å². The average Bonchev–Trinajstić information content (AvgIpc) is 2.48. The highest BCUT2D eigenvalue weighted by atomic mass is 16.5. The van der Waals surface area contributed by atoms with Gasteiger partial charge in [0.05, 0.1) is 19.1 Å². The molecule has 2 heterocycles. The largest absolute Gasteiger partial charge is 0.480 e. The number of piperidine rings is 2. The number of carboxylic acids is 1. The highest BCUT2D eigenvalue weighted by molar-refractivity contribution is 5.83. The van der Waals surface area contributed by atoms with E-state index in [-0.39, 0.29) is 18.4 Å². The van der Waals surface area contributed by atoms with E-state index in [1.165, 1.54) is 4.90 Å². The van der Waals surface area contributed by atoms with Crippen molar-refractivity contribution in [3.05, 3.63) is 0 Å². The fourth-order valence-corrected chi connectivity index (χ4v) is 2.91. The van der Waals surface area contributed by atoms with E-state index >= 15 is 0 Å². The van der Waals surface area contributed by atoms with Gasteiger partial charge in [0.25, 0.3) is 0 Å². The van der Waals surface area contributed by atoms with E-state index in [9.17, 15) is 9.59 Å². The Morgan fingerprint density at radius 2 is 1.95 bits per heavy atom. The lowest BCUT2D eigenvalue weighted by Crippen LogP contribution is -2.48. The van der Waals surface area contributed by atoms with Crippen molar-refractivity contribution in [1.82, 2.24) is 10.2 Å². The Morgan fingerprint density at radius 1 is 1.20 bits per heavy atom. The van der Waals surface area contributed by atoms with Gasteiger partial charge in [-0.25, -0.2) is 4.79 Å². The first-order valence-corrected chi connectivity index (χ1v) is 7.53. The van der Waals surface area contributed by atoms with Crippen LogP contribution in [-0.4, -0.2) is 60.3 Å². The maximum absolute atomic E-state index is 12.1. The molecule has 0 saturated carbocycles. The number of ether oxygens (including phenoxy) is 1. The number of aliphatic carboxylic acids is 1. The van der Waals surface area contributed by atoms with E-state index in [1.807, 2.05) is 0 Å². The highest BCUT2D eigenvalue weighted by Gasteiger charge is 2.31. The molecule has 20 heavy (non-hydrogen) atoms. The van der Waals surface area contributed by atoms with Gasteiger partial charge in [-0.3, -0.25) is 4.79 Å². The molecule has 2 aliphatic rings.